The molecule has 0 aliphatic carbocycles. The zero-order chi connectivity index (χ0) is 19.9. The van der Waals surface area contributed by atoms with Crippen LogP contribution in [0.5, 0.6) is 11.5 Å². The molecule has 0 aliphatic rings. The highest BCUT2D eigenvalue weighted by molar-refractivity contribution is 6.31. The van der Waals surface area contributed by atoms with Gasteiger partial charge in [-0.2, -0.15) is 0 Å². The van der Waals surface area contributed by atoms with E-state index in [1.165, 1.54) is 0 Å². The standard InChI is InChI=1S/C23H24ClNO3/c1-3-22(28-20-11-9-17-6-4-5-7-18(17)14-20)23(26)25-12-13-27-19-10-8-16(2)21(24)15-19/h4-11,14-15,22H,3,12-13H2,1-2H3,(H,25,26)/t22-/m1/s1. The van der Waals surface area contributed by atoms with Gasteiger partial charge in [0.15, 0.2) is 6.10 Å². The first kappa shape index (κ1) is 20.0. The molecule has 0 heterocycles. The van der Waals surface area contributed by atoms with Crippen LogP contribution >= 0.6 is 11.6 Å². The van der Waals surface area contributed by atoms with Gasteiger partial charge < -0.3 is 14.8 Å². The van der Waals surface area contributed by atoms with Crippen molar-refractivity contribution in [3.63, 3.8) is 0 Å². The highest BCUT2D eigenvalue weighted by Crippen LogP contribution is 2.22. The van der Waals surface area contributed by atoms with Gasteiger partial charge in [0.2, 0.25) is 0 Å². The minimum Gasteiger partial charge on any atom is -0.492 e. The van der Waals surface area contributed by atoms with Crippen LogP contribution in [0.4, 0.5) is 0 Å². The van der Waals surface area contributed by atoms with Crippen molar-refractivity contribution in [1.82, 2.24) is 5.32 Å². The molecule has 0 aromatic heterocycles. The Bertz CT molecular complexity index is 957. The van der Waals surface area contributed by atoms with Crippen molar-refractivity contribution in [2.45, 2.75) is 26.4 Å². The Labute approximate surface area is 170 Å². The van der Waals surface area contributed by atoms with Gasteiger partial charge in [-0.25, -0.2) is 0 Å². The van der Waals surface area contributed by atoms with E-state index >= 15 is 0 Å². The number of ether oxygens (including phenoxy) is 2. The molecule has 3 aromatic rings. The van der Waals surface area contributed by atoms with Gasteiger partial charge in [0, 0.05) is 5.02 Å². The Hall–Kier alpha value is -2.72. The Morgan fingerprint density at radius 3 is 2.54 bits per heavy atom. The molecule has 1 amide bonds. The van der Waals surface area contributed by atoms with Gasteiger partial charge >= 0.3 is 0 Å². The van der Waals surface area contributed by atoms with Crippen molar-refractivity contribution in [3.8, 4) is 11.5 Å². The molecular weight excluding hydrogens is 374 g/mol. The zero-order valence-corrected chi connectivity index (χ0v) is 16.8. The first-order valence-electron chi connectivity index (χ1n) is 9.39. The largest absolute Gasteiger partial charge is 0.492 e. The fourth-order valence-electron chi connectivity index (χ4n) is 2.85. The lowest BCUT2D eigenvalue weighted by Gasteiger charge is -2.18. The average molecular weight is 398 g/mol. The zero-order valence-electron chi connectivity index (χ0n) is 16.1. The molecule has 0 bridgehead atoms. The lowest BCUT2D eigenvalue weighted by molar-refractivity contribution is -0.128. The maximum atomic E-state index is 12.4. The summed E-state index contributed by atoms with van der Waals surface area (Å²) in [5.41, 5.74) is 0.999. The van der Waals surface area contributed by atoms with Crippen LogP contribution in [0.2, 0.25) is 5.02 Å². The van der Waals surface area contributed by atoms with Crippen molar-refractivity contribution >= 4 is 28.3 Å². The number of carbonyl (C=O) groups excluding carboxylic acids is 1. The van der Waals surface area contributed by atoms with Crippen LogP contribution in [-0.2, 0) is 4.79 Å². The second-order valence-corrected chi connectivity index (χ2v) is 6.98. The van der Waals surface area contributed by atoms with Gasteiger partial charge in [-0.15, -0.1) is 0 Å². The van der Waals surface area contributed by atoms with E-state index in [9.17, 15) is 4.79 Å². The van der Waals surface area contributed by atoms with Crippen LogP contribution in [-0.4, -0.2) is 25.2 Å². The van der Waals surface area contributed by atoms with E-state index in [4.69, 9.17) is 21.1 Å². The van der Waals surface area contributed by atoms with E-state index in [1.807, 2.05) is 68.4 Å². The molecule has 0 fully saturated rings. The number of nitrogens with one attached hydrogen (secondary N) is 1. The second-order valence-electron chi connectivity index (χ2n) is 6.57. The fourth-order valence-corrected chi connectivity index (χ4v) is 3.02. The summed E-state index contributed by atoms with van der Waals surface area (Å²) < 4.78 is 11.5. The van der Waals surface area contributed by atoms with Gasteiger partial charge in [0.25, 0.3) is 5.91 Å². The molecule has 0 spiro atoms. The van der Waals surface area contributed by atoms with Gasteiger partial charge in [-0.3, -0.25) is 4.79 Å². The molecule has 1 atom stereocenters. The van der Waals surface area contributed by atoms with E-state index in [0.717, 1.165) is 16.3 Å². The summed E-state index contributed by atoms with van der Waals surface area (Å²) in [7, 11) is 0. The third-order valence-corrected chi connectivity index (χ3v) is 4.88. The summed E-state index contributed by atoms with van der Waals surface area (Å²) in [6.45, 7) is 4.61. The summed E-state index contributed by atoms with van der Waals surface area (Å²) in [6.07, 6.45) is 0.0302. The summed E-state index contributed by atoms with van der Waals surface area (Å²) in [6, 6.07) is 19.4. The van der Waals surface area contributed by atoms with Crippen LogP contribution in [0.1, 0.15) is 18.9 Å². The lowest BCUT2D eigenvalue weighted by Crippen LogP contribution is -2.39. The Morgan fingerprint density at radius 1 is 1.04 bits per heavy atom. The Morgan fingerprint density at radius 2 is 1.79 bits per heavy atom. The molecule has 0 saturated carbocycles. The predicted octanol–water partition coefficient (Wildman–Crippen LogP) is 5.15. The van der Waals surface area contributed by atoms with E-state index < -0.39 is 6.10 Å². The maximum absolute atomic E-state index is 12.4. The SMILES string of the molecule is CC[C@@H](Oc1ccc2ccccc2c1)C(=O)NCCOc1ccc(C)c(Cl)c1. The first-order valence-corrected chi connectivity index (χ1v) is 9.76. The third-order valence-electron chi connectivity index (χ3n) is 4.48. The Balaban J connectivity index is 1.50. The average Bonchev–Trinajstić information content (AvgIpc) is 2.71. The van der Waals surface area contributed by atoms with Crippen LogP contribution in [0.3, 0.4) is 0 Å². The second kappa shape index (κ2) is 9.47. The van der Waals surface area contributed by atoms with Gasteiger partial charge in [-0.1, -0.05) is 54.9 Å². The predicted molar refractivity (Wildman–Crippen MR) is 113 cm³/mol. The highest BCUT2D eigenvalue weighted by atomic mass is 35.5. The molecule has 1 N–H and O–H groups in total. The van der Waals surface area contributed by atoms with Crippen molar-refractivity contribution < 1.29 is 14.3 Å². The number of aryl methyl sites for hydroxylation is 1. The molecule has 3 aromatic carbocycles. The number of halogens is 1. The number of benzene rings is 3. The third kappa shape index (κ3) is 5.17. The van der Waals surface area contributed by atoms with Gasteiger partial charge in [0.1, 0.15) is 18.1 Å². The van der Waals surface area contributed by atoms with Crippen LogP contribution in [0.25, 0.3) is 10.8 Å². The number of hydrogen-bond acceptors (Lipinski definition) is 3. The molecular formula is C23H24ClNO3. The van der Waals surface area contributed by atoms with Gasteiger partial charge in [-0.05, 0) is 53.9 Å². The number of hydrogen-bond donors (Lipinski definition) is 1. The number of fused-ring (bicyclic) bond motifs is 1. The van der Waals surface area contributed by atoms with Crippen LogP contribution in [0, 0.1) is 6.92 Å². The molecule has 3 rings (SSSR count). The van der Waals surface area contributed by atoms with E-state index in [0.29, 0.717) is 36.1 Å². The van der Waals surface area contributed by atoms with Crippen molar-refractivity contribution in [3.05, 3.63) is 71.2 Å². The summed E-state index contributed by atoms with van der Waals surface area (Å²) >= 11 is 6.08. The summed E-state index contributed by atoms with van der Waals surface area (Å²) in [4.78, 5) is 12.4. The van der Waals surface area contributed by atoms with Crippen LogP contribution in [0.15, 0.2) is 60.7 Å². The highest BCUT2D eigenvalue weighted by Gasteiger charge is 2.18. The topological polar surface area (TPSA) is 47.6 Å². The lowest BCUT2D eigenvalue weighted by atomic mass is 10.1. The van der Waals surface area contributed by atoms with Crippen molar-refractivity contribution in [2.24, 2.45) is 0 Å². The minimum absolute atomic E-state index is 0.152. The fraction of sp³-hybridized carbons (Fsp3) is 0.261. The normalized spacial score (nSPS) is 11.8. The molecule has 0 aliphatic heterocycles. The molecule has 28 heavy (non-hydrogen) atoms. The van der Waals surface area contributed by atoms with Crippen molar-refractivity contribution in [2.75, 3.05) is 13.2 Å². The number of amides is 1. The quantitative estimate of drug-likeness (QED) is 0.534. The molecule has 0 radical (unpaired) electrons. The first-order chi connectivity index (χ1) is 13.6. The van der Waals surface area contributed by atoms with Crippen molar-refractivity contribution in [1.29, 1.82) is 0 Å². The number of rotatable bonds is 8. The van der Waals surface area contributed by atoms with E-state index in [-0.39, 0.29) is 5.91 Å². The van der Waals surface area contributed by atoms with E-state index in [2.05, 4.69) is 5.32 Å². The minimum atomic E-state index is -0.546. The molecule has 5 heteroatoms. The number of carbonyl (C=O) groups is 1. The maximum Gasteiger partial charge on any atom is 0.261 e. The summed E-state index contributed by atoms with van der Waals surface area (Å²) in [5.74, 6) is 1.22. The Kier molecular flexibility index (Phi) is 6.77. The monoisotopic (exact) mass is 397 g/mol. The molecule has 0 unspecified atom stereocenters. The molecule has 4 nitrogen and oxygen atoms in total. The van der Waals surface area contributed by atoms with Gasteiger partial charge in [0.05, 0.1) is 6.54 Å². The molecule has 146 valence electrons. The smallest absolute Gasteiger partial charge is 0.261 e. The molecule has 0 saturated heterocycles. The summed E-state index contributed by atoms with van der Waals surface area (Å²) in [5, 5.41) is 5.75. The van der Waals surface area contributed by atoms with E-state index in [1.54, 1.807) is 6.07 Å². The van der Waals surface area contributed by atoms with Crippen LogP contribution < -0.4 is 14.8 Å².